The van der Waals surface area contributed by atoms with Crippen LogP contribution in [0.15, 0.2) is 65.3 Å². The summed E-state index contributed by atoms with van der Waals surface area (Å²) in [5, 5.41) is 10.9. The number of aliphatic hydroxyl groups excluding tert-OH is 1. The van der Waals surface area contributed by atoms with Crippen LogP contribution in [-0.4, -0.2) is 71.7 Å². The molecule has 0 saturated carbocycles. The van der Waals surface area contributed by atoms with Crippen molar-refractivity contribution in [2.45, 2.75) is 52.6 Å². The minimum absolute atomic E-state index is 0.149. The van der Waals surface area contributed by atoms with Crippen LogP contribution in [0.25, 0.3) is 22.2 Å². The van der Waals surface area contributed by atoms with Gasteiger partial charge < -0.3 is 28.9 Å². The molecule has 5 rings (SSSR count). The Labute approximate surface area is 281 Å². The monoisotopic (exact) mass is 716 g/mol. The number of rotatable bonds is 10. The topological polar surface area (TPSA) is 80.1 Å². The number of amides is 1. The number of hydrogen-bond acceptors (Lipinski definition) is 6. The molecule has 1 saturated heterocycles. The SMILES string of the molecule is CO[C@@H](C)c1ncc(N2CCN(C(=O)OCc3ccccc3)CC2)cc1-c1c(CC(C)(C)CO)c2cc(Br)ccc2n1CC(F)(F)F. The number of aliphatic hydroxyl groups is 1. The normalized spacial score (nSPS) is 14.9. The Bertz CT molecular complexity index is 1700. The quantitative estimate of drug-likeness (QED) is 0.181. The standard InChI is InChI=1S/C35H40BrF3N4O4/c1-23(46-4)31-28(17-26(19-40-31)41-12-14-42(15-13-41)33(45)47-20-24-8-6-5-7-9-24)32-29(18-34(2,3)22-44)27-16-25(36)10-11-30(27)43(32)21-35(37,38)39/h5-11,16-17,19,23,44H,12-15,18,20-22H2,1-4H3/t23-/m0/s1. The van der Waals surface area contributed by atoms with Gasteiger partial charge in [0.2, 0.25) is 0 Å². The molecule has 47 heavy (non-hydrogen) atoms. The molecule has 8 nitrogen and oxygen atoms in total. The van der Waals surface area contributed by atoms with Gasteiger partial charge in [0.1, 0.15) is 13.2 Å². The summed E-state index contributed by atoms with van der Waals surface area (Å²) in [4.78, 5) is 21.3. The van der Waals surface area contributed by atoms with Gasteiger partial charge in [-0.15, -0.1) is 0 Å². The van der Waals surface area contributed by atoms with E-state index in [0.717, 1.165) is 15.7 Å². The number of aromatic nitrogens is 2. The van der Waals surface area contributed by atoms with Crippen LogP contribution < -0.4 is 4.90 Å². The average molecular weight is 718 g/mol. The van der Waals surface area contributed by atoms with E-state index in [-0.39, 0.29) is 13.2 Å². The zero-order valence-electron chi connectivity index (χ0n) is 27.0. The molecule has 1 amide bonds. The molecule has 1 fully saturated rings. The molecular weight excluding hydrogens is 677 g/mol. The summed E-state index contributed by atoms with van der Waals surface area (Å²) in [6.07, 6.45) is -3.37. The minimum Gasteiger partial charge on any atom is -0.445 e. The van der Waals surface area contributed by atoms with Gasteiger partial charge in [-0.2, -0.15) is 13.2 Å². The van der Waals surface area contributed by atoms with E-state index < -0.39 is 30.3 Å². The van der Waals surface area contributed by atoms with Gasteiger partial charge in [-0.25, -0.2) is 4.79 Å². The van der Waals surface area contributed by atoms with Crippen molar-refractivity contribution in [3.8, 4) is 11.3 Å². The second-order valence-electron chi connectivity index (χ2n) is 12.7. The van der Waals surface area contributed by atoms with Crippen LogP contribution in [0, 0.1) is 5.41 Å². The van der Waals surface area contributed by atoms with Gasteiger partial charge in [0, 0.05) is 60.8 Å². The van der Waals surface area contributed by atoms with E-state index in [1.165, 1.54) is 11.7 Å². The number of piperazine rings is 1. The highest BCUT2D eigenvalue weighted by Crippen LogP contribution is 2.43. The predicted molar refractivity (Wildman–Crippen MR) is 179 cm³/mol. The average Bonchev–Trinajstić information content (AvgIpc) is 3.32. The van der Waals surface area contributed by atoms with E-state index in [9.17, 15) is 23.1 Å². The lowest BCUT2D eigenvalue weighted by atomic mass is 9.84. The maximum absolute atomic E-state index is 14.2. The largest absolute Gasteiger partial charge is 0.445 e. The van der Waals surface area contributed by atoms with Gasteiger partial charge in [-0.3, -0.25) is 4.98 Å². The van der Waals surface area contributed by atoms with Crippen LogP contribution in [0.5, 0.6) is 0 Å². The van der Waals surface area contributed by atoms with Gasteiger partial charge in [-0.05, 0) is 54.2 Å². The molecule has 0 bridgehead atoms. The Balaban J connectivity index is 1.54. The van der Waals surface area contributed by atoms with Crippen molar-refractivity contribution >= 4 is 38.6 Å². The maximum atomic E-state index is 14.2. The molecule has 252 valence electrons. The van der Waals surface area contributed by atoms with E-state index >= 15 is 0 Å². The third-order valence-corrected chi connectivity index (χ3v) is 9.05. The molecule has 12 heteroatoms. The zero-order chi connectivity index (χ0) is 33.9. The first-order valence-corrected chi connectivity index (χ1v) is 16.3. The molecule has 0 spiro atoms. The van der Waals surface area contributed by atoms with Gasteiger partial charge in [0.25, 0.3) is 0 Å². The molecule has 4 aromatic rings. The van der Waals surface area contributed by atoms with Crippen LogP contribution in [0.2, 0.25) is 0 Å². The fraction of sp³-hybridized carbons (Fsp3) is 0.429. The molecular formula is C35H40BrF3N4O4. The summed E-state index contributed by atoms with van der Waals surface area (Å²) in [6.45, 7) is 6.24. The summed E-state index contributed by atoms with van der Waals surface area (Å²) in [5.41, 5.74) is 3.58. The van der Waals surface area contributed by atoms with Crippen molar-refractivity contribution < 1.29 is 32.5 Å². The Morgan fingerprint density at radius 3 is 2.40 bits per heavy atom. The number of carbonyl (C=O) groups excluding carboxylic acids is 1. The number of fused-ring (bicyclic) bond motifs is 1. The summed E-state index contributed by atoms with van der Waals surface area (Å²) < 4.78 is 56.0. The summed E-state index contributed by atoms with van der Waals surface area (Å²) in [6, 6.07) is 16.6. The minimum atomic E-state index is -4.50. The highest BCUT2D eigenvalue weighted by atomic mass is 79.9. The summed E-state index contributed by atoms with van der Waals surface area (Å²) in [7, 11) is 1.54. The van der Waals surface area contributed by atoms with Crippen LogP contribution in [0.3, 0.4) is 0 Å². The highest BCUT2D eigenvalue weighted by Gasteiger charge is 2.34. The van der Waals surface area contributed by atoms with E-state index in [4.69, 9.17) is 14.5 Å². The Morgan fingerprint density at radius 1 is 1.06 bits per heavy atom. The van der Waals surface area contributed by atoms with Crippen molar-refractivity contribution in [2.24, 2.45) is 5.41 Å². The second-order valence-corrected chi connectivity index (χ2v) is 13.6. The van der Waals surface area contributed by atoms with E-state index in [1.54, 1.807) is 23.2 Å². The van der Waals surface area contributed by atoms with Crippen molar-refractivity contribution in [3.05, 3.63) is 82.1 Å². The lowest BCUT2D eigenvalue weighted by Crippen LogP contribution is -2.49. The maximum Gasteiger partial charge on any atom is 0.410 e. The number of halogens is 4. The van der Waals surface area contributed by atoms with Crippen LogP contribution >= 0.6 is 15.9 Å². The number of ether oxygens (including phenoxy) is 2. The van der Waals surface area contributed by atoms with Gasteiger partial charge in [0.15, 0.2) is 0 Å². The van der Waals surface area contributed by atoms with Crippen LogP contribution in [0.1, 0.15) is 43.7 Å². The molecule has 3 heterocycles. The van der Waals surface area contributed by atoms with Gasteiger partial charge in [-0.1, -0.05) is 60.1 Å². The Morgan fingerprint density at radius 2 is 1.77 bits per heavy atom. The van der Waals surface area contributed by atoms with Crippen LogP contribution in [-0.2, 0) is 29.0 Å². The molecule has 2 aromatic carbocycles. The predicted octanol–water partition coefficient (Wildman–Crippen LogP) is 7.76. The van der Waals surface area contributed by atoms with Crippen molar-refractivity contribution in [1.82, 2.24) is 14.5 Å². The number of alkyl halides is 3. The third kappa shape index (κ3) is 8.10. The smallest absolute Gasteiger partial charge is 0.410 e. The number of anilines is 1. The number of methoxy groups -OCH3 is 1. The number of nitrogens with zero attached hydrogens (tertiary/aromatic N) is 4. The third-order valence-electron chi connectivity index (χ3n) is 8.56. The number of carbonyl (C=O) groups is 1. The lowest BCUT2D eigenvalue weighted by Gasteiger charge is -2.35. The van der Waals surface area contributed by atoms with Crippen molar-refractivity contribution in [3.63, 3.8) is 0 Å². The number of pyridine rings is 1. The van der Waals surface area contributed by atoms with Crippen molar-refractivity contribution in [1.29, 1.82) is 0 Å². The molecule has 1 aliphatic heterocycles. The van der Waals surface area contributed by atoms with E-state index in [0.29, 0.717) is 66.0 Å². The molecule has 1 N–H and O–H groups in total. The lowest BCUT2D eigenvalue weighted by molar-refractivity contribution is -0.139. The Kier molecular flexibility index (Phi) is 10.5. The number of benzene rings is 2. The van der Waals surface area contributed by atoms with Gasteiger partial charge >= 0.3 is 12.3 Å². The first-order chi connectivity index (χ1) is 22.3. The summed E-state index contributed by atoms with van der Waals surface area (Å²) >= 11 is 3.51. The molecule has 0 unspecified atom stereocenters. The van der Waals surface area contributed by atoms with Crippen LogP contribution in [0.4, 0.5) is 23.7 Å². The molecule has 2 aromatic heterocycles. The first kappa shape index (κ1) is 34.7. The molecule has 0 radical (unpaired) electrons. The summed E-state index contributed by atoms with van der Waals surface area (Å²) in [5.74, 6) is 0. The molecule has 1 aliphatic rings. The second kappa shape index (κ2) is 14.2. The Hall–Kier alpha value is -3.61. The molecule has 1 atom stereocenters. The number of hydrogen-bond donors (Lipinski definition) is 1. The van der Waals surface area contributed by atoms with E-state index in [2.05, 4.69) is 20.8 Å². The first-order valence-electron chi connectivity index (χ1n) is 15.5. The fourth-order valence-corrected chi connectivity index (χ4v) is 6.34. The highest BCUT2D eigenvalue weighted by molar-refractivity contribution is 9.10. The fourth-order valence-electron chi connectivity index (χ4n) is 5.98. The molecule has 0 aliphatic carbocycles. The van der Waals surface area contributed by atoms with Gasteiger partial charge in [0.05, 0.1) is 29.4 Å². The van der Waals surface area contributed by atoms with Crippen molar-refractivity contribution in [2.75, 3.05) is 44.8 Å². The van der Waals surface area contributed by atoms with E-state index in [1.807, 2.05) is 63.2 Å². The zero-order valence-corrected chi connectivity index (χ0v) is 28.6.